The Kier molecular flexibility index (Phi) is 8.71. The molecule has 0 saturated carbocycles. The number of amides is 1. The van der Waals surface area contributed by atoms with Crippen molar-refractivity contribution in [2.45, 2.75) is 47.0 Å². The molecule has 0 aliphatic rings. The Balaban J connectivity index is 0.00000137. The van der Waals surface area contributed by atoms with Gasteiger partial charge in [0.05, 0.1) is 12.8 Å². The molecule has 1 N–H and O–H groups in total. The first kappa shape index (κ1) is 16.5. The Morgan fingerprint density at radius 1 is 1.28 bits per heavy atom. The fourth-order valence-corrected chi connectivity index (χ4v) is 1.63. The molecule has 0 aliphatic heterocycles. The predicted molar refractivity (Wildman–Crippen MR) is 77.3 cm³/mol. The molecule has 1 aromatic rings. The standard InChI is InChI=1S/C13H19NO2.C2H6/c1-4-7-10-8-6-9-11(13(10)16-3)14-12(15)5-2;1-2/h6,8-9H,4-5,7H2,1-3H3,(H,14,15);1-2H3. The second-order valence-corrected chi connectivity index (χ2v) is 3.65. The monoisotopic (exact) mass is 251 g/mol. The number of benzene rings is 1. The number of anilines is 1. The van der Waals surface area contributed by atoms with Gasteiger partial charge in [-0.15, -0.1) is 0 Å². The lowest BCUT2D eigenvalue weighted by molar-refractivity contribution is -0.115. The fraction of sp³-hybridized carbons (Fsp3) is 0.533. The average Bonchev–Trinajstić information content (AvgIpc) is 2.41. The van der Waals surface area contributed by atoms with E-state index in [2.05, 4.69) is 12.2 Å². The van der Waals surface area contributed by atoms with Crippen molar-refractivity contribution in [2.75, 3.05) is 12.4 Å². The highest BCUT2D eigenvalue weighted by atomic mass is 16.5. The second kappa shape index (κ2) is 9.51. The minimum Gasteiger partial charge on any atom is -0.494 e. The van der Waals surface area contributed by atoms with E-state index in [1.165, 1.54) is 0 Å². The van der Waals surface area contributed by atoms with Crippen LogP contribution in [0.2, 0.25) is 0 Å². The number of para-hydroxylation sites is 1. The van der Waals surface area contributed by atoms with Crippen LogP contribution < -0.4 is 10.1 Å². The highest BCUT2D eigenvalue weighted by Gasteiger charge is 2.09. The van der Waals surface area contributed by atoms with Crippen LogP contribution in [0.25, 0.3) is 0 Å². The number of ether oxygens (including phenoxy) is 1. The molecule has 0 aliphatic carbocycles. The summed E-state index contributed by atoms with van der Waals surface area (Å²) in [6.07, 6.45) is 2.49. The van der Waals surface area contributed by atoms with Gasteiger partial charge in [-0.3, -0.25) is 4.79 Å². The van der Waals surface area contributed by atoms with E-state index in [1.807, 2.05) is 39.0 Å². The normalized spacial score (nSPS) is 9.17. The molecule has 1 amide bonds. The summed E-state index contributed by atoms with van der Waals surface area (Å²) in [6, 6.07) is 5.84. The summed E-state index contributed by atoms with van der Waals surface area (Å²) < 4.78 is 5.36. The van der Waals surface area contributed by atoms with Gasteiger partial charge in [0, 0.05) is 6.42 Å². The van der Waals surface area contributed by atoms with Crippen molar-refractivity contribution in [3.8, 4) is 5.75 Å². The molecule has 0 aromatic heterocycles. The first-order valence-corrected chi connectivity index (χ1v) is 6.68. The third kappa shape index (κ3) is 4.78. The Hall–Kier alpha value is -1.51. The van der Waals surface area contributed by atoms with Crippen LogP contribution in [0.5, 0.6) is 5.75 Å². The van der Waals surface area contributed by atoms with E-state index in [0.717, 1.165) is 29.8 Å². The van der Waals surface area contributed by atoms with Crippen LogP contribution in [0.4, 0.5) is 5.69 Å². The fourth-order valence-electron chi connectivity index (χ4n) is 1.63. The highest BCUT2D eigenvalue weighted by molar-refractivity contribution is 5.92. The maximum absolute atomic E-state index is 11.4. The van der Waals surface area contributed by atoms with Crippen LogP contribution in [0, 0.1) is 0 Å². The van der Waals surface area contributed by atoms with Crippen molar-refractivity contribution in [3.05, 3.63) is 23.8 Å². The largest absolute Gasteiger partial charge is 0.494 e. The SMILES string of the molecule is CC.CCCc1cccc(NC(=O)CC)c1OC. The molecule has 1 rings (SSSR count). The van der Waals surface area contributed by atoms with Crippen LogP contribution in [0.15, 0.2) is 18.2 Å². The van der Waals surface area contributed by atoms with Crippen molar-refractivity contribution in [1.82, 2.24) is 0 Å². The number of aryl methyl sites for hydroxylation is 1. The van der Waals surface area contributed by atoms with E-state index < -0.39 is 0 Å². The van der Waals surface area contributed by atoms with E-state index in [0.29, 0.717) is 6.42 Å². The zero-order valence-corrected chi connectivity index (χ0v) is 12.2. The zero-order valence-electron chi connectivity index (χ0n) is 12.2. The van der Waals surface area contributed by atoms with Gasteiger partial charge in [0.1, 0.15) is 5.75 Å². The quantitative estimate of drug-likeness (QED) is 0.858. The van der Waals surface area contributed by atoms with E-state index in [9.17, 15) is 4.79 Å². The summed E-state index contributed by atoms with van der Waals surface area (Å²) in [5, 5.41) is 2.85. The molecule has 0 saturated heterocycles. The molecule has 1 aromatic carbocycles. The topological polar surface area (TPSA) is 38.3 Å². The predicted octanol–water partition coefficient (Wildman–Crippen LogP) is 4.02. The van der Waals surface area contributed by atoms with E-state index in [-0.39, 0.29) is 5.91 Å². The molecule has 0 radical (unpaired) electrons. The van der Waals surface area contributed by atoms with Crippen molar-refractivity contribution in [1.29, 1.82) is 0 Å². The summed E-state index contributed by atoms with van der Waals surface area (Å²) >= 11 is 0. The van der Waals surface area contributed by atoms with Crippen molar-refractivity contribution in [2.24, 2.45) is 0 Å². The molecule has 18 heavy (non-hydrogen) atoms. The zero-order chi connectivity index (χ0) is 14.0. The Morgan fingerprint density at radius 3 is 2.44 bits per heavy atom. The van der Waals surface area contributed by atoms with Crippen molar-refractivity contribution >= 4 is 11.6 Å². The Labute approximate surface area is 111 Å². The van der Waals surface area contributed by atoms with Crippen LogP contribution in [-0.2, 0) is 11.2 Å². The molecule has 0 spiro atoms. The first-order chi connectivity index (χ1) is 8.72. The van der Waals surface area contributed by atoms with Gasteiger partial charge >= 0.3 is 0 Å². The summed E-state index contributed by atoms with van der Waals surface area (Å²) in [4.78, 5) is 11.4. The number of carbonyl (C=O) groups is 1. The molecule has 0 atom stereocenters. The van der Waals surface area contributed by atoms with Crippen LogP contribution >= 0.6 is 0 Å². The molecule has 3 nitrogen and oxygen atoms in total. The van der Waals surface area contributed by atoms with Gasteiger partial charge in [-0.05, 0) is 18.1 Å². The third-order valence-corrected chi connectivity index (χ3v) is 2.42. The lowest BCUT2D eigenvalue weighted by Gasteiger charge is -2.13. The van der Waals surface area contributed by atoms with Crippen LogP contribution in [0.1, 0.15) is 46.1 Å². The van der Waals surface area contributed by atoms with E-state index in [1.54, 1.807) is 7.11 Å². The van der Waals surface area contributed by atoms with Crippen LogP contribution in [0.3, 0.4) is 0 Å². The molecular weight excluding hydrogens is 226 g/mol. The third-order valence-electron chi connectivity index (χ3n) is 2.42. The molecule has 0 bridgehead atoms. The minimum atomic E-state index is 0.00643. The smallest absolute Gasteiger partial charge is 0.224 e. The van der Waals surface area contributed by atoms with E-state index in [4.69, 9.17) is 4.74 Å². The van der Waals surface area contributed by atoms with Crippen LogP contribution in [-0.4, -0.2) is 13.0 Å². The van der Waals surface area contributed by atoms with Gasteiger partial charge in [-0.2, -0.15) is 0 Å². The maximum atomic E-state index is 11.4. The summed E-state index contributed by atoms with van der Waals surface area (Å²) in [7, 11) is 1.64. The van der Waals surface area contributed by atoms with Gasteiger partial charge in [0.2, 0.25) is 5.91 Å². The summed E-state index contributed by atoms with van der Waals surface area (Å²) in [5.41, 5.74) is 1.90. The molecule has 3 heteroatoms. The number of hydrogen-bond donors (Lipinski definition) is 1. The van der Waals surface area contributed by atoms with Crippen molar-refractivity contribution < 1.29 is 9.53 Å². The number of hydrogen-bond acceptors (Lipinski definition) is 2. The van der Waals surface area contributed by atoms with Gasteiger partial charge in [-0.1, -0.05) is 46.2 Å². The molecule has 0 fully saturated rings. The average molecular weight is 251 g/mol. The highest BCUT2D eigenvalue weighted by Crippen LogP contribution is 2.29. The lowest BCUT2D eigenvalue weighted by atomic mass is 10.1. The molecule has 102 valence electrons. The minimum absolute atomic E-state index is 0.00643. The number of nitrogens with one attached hydrogen (secondary N) is 1. The van der Waals surface area contributed by atoms with Gasteiger partial charge in [0.15, 0.2) is 0 Å². The molecule has 0 unspecified atom stereocenters. The Morgan fingerprint density at radius 2 is 1.94 bits per heavy atom. The number of rotatable bonds is 5. The molecule has 0 heterocycles. The van der Waals surface area contributed by atoms with Gasteiger partial charge in [-0.25, -0.2) is 0 Å². The summed E-state index contributed by atoms with van der Waals surface area (Å²) in [6.45, 7) is 7.95. The number of methoxy groups -OCH3 is 1. The van der Waals surface area contributed by atoms with E-state index >= 15 is 0 Å². The number of carbonyl (C=O) groups excluding carboxylic acids is 1. The first-order valence-electron chi connectivity index (χ1n) is 6.68. The second-order valence-electron chi connectivity index (χ2n) is 3.65. The van der Waals surface area contributed by atoms with Gasteiger partial charge < -0.3 is 10.1 Å². The van der Waals surface area contributed by atoms with Gasteiger partial charge in [0.25, 0.3) is 0 Å². The summed E-state index contributed by atoms with van der Waals surface area (Å²) in [5.74, 6) is 0.790. The van der Waals surface area contributed by atoms with Crippen molar-refractivity contribution in [3.63, 3.8) is 0 Å². The maximum Gasteiger partial charge on any atom is 0.224 e. The Bertz CT molecular complexity index is 362. The molecular formula is C15H25NO2. The lowest BCUT2D eigenvalue weighted by Crippen LogP contribution is -2.11.